The monoisotopic (exact) mass is 634 g/mol. The van der Waals surface area contributed by atoms with Crippen LogP contribution in [0.4, 0.5) is 65.9 Å². The molecule has 0 amide bonds. The average Bonchev–Trinajstić information content (AvgIpc) is 2.63. The molecule has 3 atom stereocenters. The maximum absolute atomic E-state index is 14.9. The number of hydrogen-bond acceptors (Lipinski definition) is 1. The van der Waals surface area contributed by atoms with E-state index in [9.17, 15) is 65.9 Å². The first-order valence-electron chi connectivity index (χ1n) is 9.22. The first-order valence-corrected chi connectivity index (χ1v) is 14.7. The van der Waals surface area contributed by atoms with Gasteiger partial charge in [-0.25, -0.2) is 0 Å². The standard InChI is InChI=1S/3C4H4F5.C4H9O.Sn/c3*1-2(5)4(8,9)3(6)7;1-2-3-4-5;/h3*2H,1H3;2-4H2,1H3;/q;;;-1;+1. The van der Waals surface area contributed by atoms with Gasteiger partial charge in [0, 0.05) is 0 Å². The van der Waals surface area contributed by atoms with Crippen LogP contribution in [0.15, 0.2) is 0 Å². The van der Waals surface area contributed by atoms with E-state index in [1.165, 1.54) is 0 Å². The fourth-order valence-electron chi connectivity index (χ4n) is 2.69. The van der Waals surface area contributed by atoms with Crippen molar-refractivity contribution < 1.29 is 68.9 Å². The molecule has 0 N–H and O–H groups in total. The van der Waals surface area contributed by atoms with E-state index in [-0.39, 0.29) is 6.42 Å². The van der Waals surface area contributed by atoms with E-state index in [1.807, 2.05) is 0 Å². The number of alkyl halides is 15. The van der Waals surface area contributed by atoms with Crippen LogP contribution in [0.3, 0.4) is 0 Å². The zero-order chi connectivity index (χ0) is 27.1. The van der Waals surface area contributed by atoms with Crippen LogP contribution in [0.25, 0.3) is 0 Å². The van der Waals surface area contributed by atoms with E-state index in [2.05, 4.69) is 3.07 Å². The molecular formula is C16H21F15OSn. The molecule has 0 aromatic heterocycles. The summed E-state index contributed by atoms with van der Waals surface area (Å²) in [7, 11) is 0. The third-order valence-electron chi connectivity index (χ3n) is 4.90. The molecule has 1 nitrogen and oxygen atoms in total. The zero-order valence-electron chi connectivity index (χ0n) is 17.4. The Labute approximate surface area is 183 Å². The van der Waals surface area contributed by atoms with Gasteiger partial charge >= 0.3 is 183 Å². The molecule has 200 valence electrons. The third kappa shape index (κ3) is 4.63. The second kappa shape index (κ2) is 9.99. The SMILES string of the molecule is CCCC[O][Sn]([C](F)(F)C(F)(F)C(C)F)([C](F)(F)C(F)(F)C(C)F)[C](F)(F)C(F)(F)C(C)F. The van der Waals surface area contributed by atoms with Crippen LogP contribution < -0.4 is 0 Å². The van der Waals surface area contributed by atoms with E-state index in [4.69, 9.17) is 0 Å². The fraction of sp³-hybridized carbons (Fsp3) is 1.00. The Bertz CT molecular complexity index is 569. The van der Waals surface area contributed by atoms with Crippen molar-refractivity contribution in [3.05, 3.63) is 0 Å². The number of unbranched alkanes of at least 4 members (excludes halogenated alkanes) is 1. The second-order valence-electron chi connectivity index (χ2n) is 7.32. The summed E-state index contributed by atoms with van der Waals surface area (Å²) in [6, 6.07) is 0. The summed E-state index contributed by atoms with van der Waals surface area (Å²) >= 11 is -10.7. The molecule has 0 aliphatic rings. The maximum atomic E-state index is 14.9. The van der Waals surface area contributed by atoms with Gasteiger partial charge in [-0.15, -0.1) is 0 Å². The van der Waals surface area contributed by atoms with E-state index >= 15 is 0 Å². The summed E-state index contributed by atoms with van der Waals surface area (Å²) in [4.78, 5) is 0. The Balaban J connectivity index is 7.94. The van der Waals surface area contributed by atoms with E-state index < -0.39 is 101 Å². The minimum absolute atomic E-state index is 0.327. The average molecular weight is 633 g/mol. The summed E-state index contributed by atoms with van der Waals surface area (Å²) in [5, 5.41) is 0. The van der Waals surface area contributed by atoms with Gasteiger partial charge in [0.05, 0.1) is 0 Å². The molecule has 0 saturated carbocycles. The molecule has 0 bridgehead atoms. The van der Waals surface area contributed by atoms with E-state index in [1.54, 1.807) is 0 Å². The molecule has 0 aliphatic carbocycles. The van der Waals surface area contributed by atoms with Crippen molar-refractivity contribution in [3.8, 4) is 0 Å². The van der Waals surface area contributed by atoms with Crippen molar-refractivity contribution in [1.82, 2.24) is 0 Å². The zero-order valence-corrected chi connectivity index (χ0v) is 20.3. The van der Waals surface area contributed by atoms with Gasteiger partial charge in [-0.3, -0.25) is 0 Å². The molecule has 0 spiro atoms. The first-order chi connectivity index (χ1) is 14.4. The van der Waals surface area contributed by atoms with Crippen LogP contribution in [0, 0.1) is 0 Å². The molecule has 0 fully saturated rings. The molecule has 33 heavy (non-hydrogen) atoms. The van der Waals surface area contributed by atoms with Crippen LogP contribution in [-0.2, 0) is 3.07 Å². The molecule has 0 aromatic carbocycles. The topological polar surface area (TPSA) is 9.23 Å². The predicted octanol–water partition coefficient (Wildman–Crippen LogP) is 7.25. The summed E-state index contributed by atoms with van der Waals surface area (Å²) in [6.07, 6.45) is -14.2. The van der Waals surface area contributed by atoms with Gasteiger partial charge in [-0.05, 0) is 0 Å². The molecule has 0 aromatic rings. The molecule has 3 unspecified atom stereocenters. The molecular weight excluding hydrogens is 612 g/mol. The summed E-state index contributed by atoms with van der Waals surface area (Å²) < 4.78 is 195. The Kier molecular flexibility index (Phi) is 9.90. The Morgan fingerprint density at radius 2 is 0.818 bits per heavy atom. The summed E-state index contributed by atoms with van der Waals surface area (Å²) in [5.74, 6) is -20.1. The molecule has 0 heterocycles. The van der Waals surface area contributed by atoms with Gasteiger partial charge in [0.2, 0.25) is 0 Å². The van der Waals surface area contributed by atoms with Gasteiger partial charge in [0.25, 0.3) is 0 Å². The van der Waals surface area contributed by atoms with Gasteiger partial charge in [0.15, 0.2) is 0 Å². The molecule has 0 rings (SSSR count). The molecule has 0 saturated heterocycles. The van der Waals surface area contributed by atoms with Crippen LogP contribution >= 0.6 is 0 Å². The van der Waals surface area contributed by atoms with Gasteiger partial charge < -0.3 is 0 Å². The fourth-order valence-corrected chi connectivity index (χ4v) is 14.6. The second-order valence-corrected chi connectivity index (χ2v) is 17.4. The first kappa shape index (κ1) is 32.7. The van der Waals surface area contributed by atoms with Crippen LogP contribution in [0.5, 0.6) is 0 Å². The van der Waals surface area contributed by atoms with Crippen molar-refractivity contribution in [1.29, 1.82) is 0 Å². The van der Waals surface area contributed by atoms with Crippen molar-refractivity contribution in [2.24, 2.45) is 0 Å². The molecule has 0 aliphatic heterocycles. The number of hydrogen-bond donors (Lipinski definition) is 0. The third-order valence-corrected chi connectivity index (χ3v) is 17.1. The van der Waals surface area contributed by atoms with Crippen molar-refractivity contribution in [3.63, 3.8) is 0 Å². The summed E-state index contributed by atoms with van der Waals surface area (Å²) in [5.41, 5.74) is 0. The number of rotatable bonds is 13. The summed E-state index contributed by atoms with van der Waals surface area (Å²) in [6.45, 7) is -2.20. The predicted molar refractivity (Wildman–Crippen MR) is 88.0 cm³/mol. The van der Waals surface area contributed by atoms with Crippen molar-refractivity contribution in [2.75, 3.05) is 6.61 Å². The van der Waals surface area contributed by atoms with Crippen molar-refractivity contribution >= 4 is 18.8 Å². The van der Waals surface area contributed by atoms with Crippen LogP contribution in [0.2, 0.25) is 0 Å². The van der Waals surface area contributed by atoms with Crippen LogP contribution in [-0.4, -0.2) is 73.5 Å². The Morgan fingerprint density at radius 3 is 1.00 bits per heavy atom. The van der Waals surface area contributed by atoms with Gasteiger partial charge in [-0.2, -0.15) is 0 Å². The van der Waals surface area contributed by atoms with Gasteiger partial charge in [0.1, 0.15) is 0 Å². The van der Waals surface area contributed by atoms with Crippen molar-refractivity contribution in [2.45, 2.75) is 88.6 Å². The van der Waals surface area contributed by atoms with Crippen LogP contribution in [0.1, 0.15) is 40.5 Å². The Morgan fingerprint density at radius 1 is 0.576 bits per heavy atom. The van der Waals surface area contributed by atoms with Gasteiger partial charge in [-0.1, -0.05) is 0 Å². The molecule has 17 heteroatoms. The van der Waals surface area contributed by atoms with E-state index in [0.717, 1.165) is 6.92 Å². The normalized spacial score (nSPS) is 19.7. The van der Waals surface area contributed by atoms with E-state index in [0.29, 0.717) is 0 Å². The minimum atomic E-state index is -10.7. The number of halogens is 15. The molecule has 0 radical (unpaired) electrons. The Hall–Kier alpha value is -0.291. The quantitative estimate of drug-likeness (QED) is 0.118.